The second kappa shape index (κ2) is 5.57. The topological polar surface area (TPSA) is 68.1 Å². The minimum atomic E-state index is -0.364. The molecule has 2 aromatic carbocycles. The number of thiazole rings is 1. The van der Waals surface area contributed by atoms with Crippen molar-refractivity contribution in [2.45, 2.75) is 6.42 Å². The van der Waals surface area contributed by atoms with Crippen LogP contribution in [-0.4, -0.2) is 9.91 Å². The van der Waals surface area contributed by atoms with Gasteiger partial charge in [-0.1, -0.05) is 30.3 Å². The van der Waals surface area contributed by atoms with Crippen LogP contribution in [0, 0.1) is 10.1 Å². The fourth-order valence-corrected chi connectivity index (χ4v) is 4.18. The minimum absolute atomic E-state index is 0.113. The van der Waals surface area contributed by atoms with Gasteiger partial charge in [0.05, 0.1) is 33.5 Å². The van der Waals surface area contributed by atoms with Crippen molar-refractivity contribution in [2.75, 3.05) is 3.53 Å². The van der Waals surface area contributed by atoms with Gasteiger partial charge in [0.2, 0.25) is 0 Å². The van der Waals surface area contributed by atoms with E-state index in [0.717, 1.165) is 33.9 Å². The van der Waals surface area contributed by atoms with Crippen molar-refractivity contribution in [3.63, 3.8) is 0 Å². The number of halogens is 1. The number of hydrogen-bond acceptors (Lipinski definition) is 5. The van der Waals surface area contributed by atoms with Crippen LogP contribution in [0.1, 0.15) is 10.4 Å². The van der Waals surface area contributed by atoms with E-state index in [2.05, 4.69) is 43.5 Å². The van der Waals surface area contributed by atoms with Crippen LogP contribution in [0.15, 0.2) is 42.5 Å². The summed E-state index contributed by atoms with van der Waals surface area (Å²) in [6.07, 6.45) is 0.865. The van der Waals surface area contributed by atoms with Gasteiger partial charge in [0.25, 0.3) is 5.69 Å². The van der Waals surface area contributed by atoms with E-state index in [4.69, 9.17) is 0 Å². The highest BCUT2D eigenvalue weighted by Gasteiger charge is 2.23. The summed E-state index contributed by atoms with van der Waals surface area (Å²) in [4.78, 5) is 16.4. The average molecular weight is 435 g/mol. The van der Waals surface area contributed by atoms with Crippen molar-refractivity contribution in [3.05, 3.63) is 63.0 Å². The number of benzene rings is 2. The standard InChI is InChI=1S/C16H10IN3O2S/c17-19-16-18-15-13-5-4-10(6-11(13)8-14(15)23-16)9-2-1-3-12(7-9)20(21)22/h1-7H,8H2,(H,18,19). The first kappa shape index (κ1) is 14.6. The summed E-state index contributed by atoms with van der Waals surface area (Å²) in [7, 11) is 0. The monoisotopic (exact) mass is 435 g/mol. The molecule has 1 heterocycles. The number of nitrogens with one attached hydrogen (secondary N) is 1. The molecule has 0 aliphatic heterocycles. The van der Waals surface area contributed by atoms with Crippen LogP contribution in [0.5, 0.6) is 0 Å². The quantitative estimate of drug-likeness (QED) is 0.212. The van der Waals surface area contributed by atoms with Crippen LogP contribution in [0.2, 0.25) is 0 Å². The molecule has 0 bridgehead atoms. The second-order valence-electron chi connectivity index (χ2n) is 5.24. The predicted molar refractivity (Wildman–Crippen MR) is 100 cm³/mol. The zero-order valence-corrected chi connectivity index (χ0v) is 14.7. The SMILES string of the molecule is O=[N+]([O-])c1cccc(-c2ccc3c(c2)Cc2sc(NI)nc2-3)c1. The highest BCUT2D eigenvalue weighted by atomic mass is 127. The van der Waals surface area contributed by atoms with E-state index in [1.807, 2.05) is 12.1 Å². The Bertz CT molecular complexity index is 939. The lowest BCUT2D eigenvalue weighted by Gasteiger charge is -2.05. The number of nitrogens with zero attached hydrogens (tertiary/aromatic N) is 2. The zero-order valence-electron chi connectivity index (χ0n) is 11.7. The molecule has 0 atom stereocenters. The van der Waals surface area contributed by atoms with E-state index in [9.17, 15) is 10.1 Å². The Morgan fingerprint density at radius 1 is 1.22 bits per heavy atom. The molecule has 3 aromatic rings. The molecule has 7 heteroatoms. The zero-order chi connectivity index (χ0) is 16.0. The average Bonchev–Trinajstić information content (AvgIpc) is 3.11. The first-order chi connectivity index (χ1) is 11.2. The van der Waals surface area contributed by atoms with Gasteiger partial charge in [-0.2, -0.15) is 0 Å². The number of non-ortho nitro benzene ring substituents is 1. The van der Waals surface area contributed by atoms with Crippen LogP contribution in [0.25, 0.3) is 22.4 Å². The molecule has 0 amide bonds. The number of rotatable bonds is 3. The van der Waals surface area contributed by atoms with E-state index in [-0.39, 0.29) is 10.6 Å². The third-order valence-corrected chi connectivity index (χ3v) is 5.73. The summed E-state index contributed by atoms with van der Waals surface area (Å²) < 4.78 is 3.05. The maximum Gasteiger partial charge on any atom is 0.270 e. The van der Waals surface area contributed by atoms with E-state index >= 15 is 0 Å². The Hall–Kier alpha value is -2.00. The third kappa shape index (κ3) is 2.49. The lowest BCUT2D eigenvalue weighted by Crippen LogP contribution is -1.89. The maximum atomic E-state index is 10.9. The molecule has 0 radical (unpaired) electrons. The molecule has 0 spiro atoms. The molecule has 1 aliphatic rings. The molecule has 23 heavy (non-hydrogen) atoms. The fourth-order valence-electron chi connectivity index (χ4n) is 2.84. The molecule has 0 unspecified atom stereocenters. The number of hydrogen-bond donors (Lipinski definition) is 1. The number of fused-ring (bicyclic) bond motifs is 3. The number of nitro groups is 1. The largest absolute Gasteiger partial charge is 0.304 e. The van der Waals surface area contributed by atoms with Crippen LogP contribution in [0.4, 0.5) is 10.8 Å². The minimum Gasteiger partial charge on any atom is -0.304 e. The first-order valence-electron chi connectivity index (χ1n) is 6.90. The van der Waals surface area contributed by atoms with Gasteiger partial charge in [-0.3, -0.25) is 10.1 Å². The molecule has 1 aromatic heterocycles. The molecule has 0 saturated carbocycles. The van der Waals surface area contributed by atoms with Gasteiger partial charge in [-0.15, -0.1) is 11.3 Å². The van der Waals surface area contributed by atoms with Crippen molar-refractivity contribution in [3.8, 4) is 22.4 Å². The summed E-state index contributed by atoms with van der Waals surface area (Å²) >= 11 is 3.76. The summed E-state index contributed by atoms with van der Waals surface area (Å²) in [6, 6.07) is 12.9. The lowest BCUT2D eigenvalue weighted by atomic mass is 10.00. The van der Waals surface area contributed by atoms with Gasteiger partial charge in [0.15, 0.2) is 5.13 Å². The van der Waals surface area contributed by atoms with E-state index < -0.39 is 0 Å². The van der Waals surface area contributed by atoms with Gasteiger partial charge in [-0.25, -0.2) is 4.98 Å². The third-order valence-electron chi connectivity index (χ3n) is 3.88. The molecule has 5 nitrogen and oxygen atoms in total. The van der Waals surface area contributed by atoms with Gasteiger partial charge in [-0.05, 0) is 16.7 Å². The van der Waals surface area contributed by atoms with E-state index in [1.54, 1.807) is 23.5 Å². The molecule has 1 N–H and O–H groups in total. The molecule has 0 fully saturated rings. The molecule has 1 aliphatic carbocycles. The Morgan fingerprint density at radius 3 is 2.83 bits per heavy atom. The normalized spacial score (nSPS) is 11.9. The smallest absolute Gasteiger partial charge is 0.270 e. The van der Waals surface area contributed by atoms with E-state index in [0.29, 0.717) is 0 Å². The Morgan fingerprint density at radius 2 is 2.04 bits per heavy atom. The predicted octanol–water partition coefficient (Wildman–Crippen LogP) is 5.05. The first-order valence-corrected chi connectivity index (χ1v) is 8.79. The Kier molecular flexibility index (Phi) is 3.53. The van der Waals surface area contributed by atoms with Crippen molar-refractivity contribution in [2.24, 2.45) is 0 Å². The van der Waals surface area contributed by atoms with Crippen LogP contribution in [-0.2, 0) is 6.42 Å². The van der Waals surface area contributed by atoms with Gasteiger partial charge in [0.1, 0.15) is 0 Å². The van der Waals surface area contributed by atoms with Crippen molar-refractivity contribution >= 4 is 45.0 Å². The molecular formula is C16H10IN3O2S. The van der Waals surface area contributed by atoms with Crippen molar-refractivity contribution < 1.29 is 4.92 Å². The molecule has 4 rings (SSSR count). The number of anilines is 1. The van der Waals surface area contributed by atoms with Gasteiger partial charge in [0, 0.05) is 29.0 Å². The van der Waals surface area contributed by atoms with Crippen LogP contribution in [0.3, 0.4) is 0 Å². The molecular weight excluding hydrogens is 425 g/mol. The molecule has 0 saturated heterocycles. The van der Waals surface area contributed by atoms with Crippen LogP contribution >= 0.6 is 34.2 Å². The maximum absolute atomic E-state index is 10.9. The van der Waals surface area contributed by atoms with Gasteiger partial charge >= 0.3 is 0 Å². The van der Waals surface area contributed by atoms with E-state index in [1.165, 1.54) is 16.5 Å². The second-order valence-corrected chi connectivity index (χ2v) is 6.86. The van der Waals surface area contributed by atoms with Crippen molar-refractivity contribution in [1.29, 1.82) is 0 Å². The van der Waals surface area contributed by atoms with Crippen LogP contribution < -0.4 is 3.53 Å². The summed E-state index contributed by atoms with van der Waals surface area (Å²) in [5, 5.41) is 11.9. The Labute approximate surface area is 150 Å². The summed E-state index contributed by atoms with van der Waals surface area (Å²) in [5.74, 6) is 0. The summed E-state index contributed by atoms with van der Waals surface area (Å²) in [6.45, 7) is 0. The lowest BCUT2D eigenvalue weighted by molar-refractivity contribution is -0.384. The van der Waals surface area contributed by atoms with Crippen molar-refractivity contribution in [1.82, 2.24) is 4.98 Å². The highest BCUT2D eigenvalue weighted by Crippen LogP contribution is 2.42. The van der Waals surface area contributed by atoms with Gasteiger partial charge < -0.3 is 3.53 Å². The Balaban J connectivity index is 1.75. The summed E-state index contributed by atoms with van der Waals surface area (Å²) in [5.41, 5.74) is 5.40. The highest BCUT2D eigenvalue weighted by molar-refractivity contribution is 14.1. The number of aromatic nitrogens is 1. The fraction of sp³-hybridized carbons (Fsp3) is 0.0625. The number of nitro benzene ring substituents is 1. The molecule has 114 valence electrons.